The number of benzene rings is 1. The molecule has 0 saturated heterocycles. The van der Waals surface area contributed by atoms with Crippen LogP contribution in [0, 0.1) is 18.6 Å². The molecule has 2 aromatic rings. The molecule has 1 aromatic carbocycles. The third-order valence-corrected chi connectivity index (χ3v) is 3.62. The van der Waals surface area contributed by atoms with Gasteiger partial charge < -0.3 is 5.32 Å². The zero-order valence-electron chi connectivity index (χ0n) is 9.97. The van der Waals surface area contributed by atoms with Crippen molar-refractivity contribution in [1.82, 2.24) is 9.78 Å². The smallest absolute Gasteiger partial charge is 0.128 e. The molecule has 0 aliphatic rings. The molecule has 1 heterocycles. The highest BCUT2D eigenvalue weighted by Crippen LogP contribution is 2.21. The van der Waals surface area contributed by atoms with E-state index in [-0.39, 0.29) is 0 Å². The van der Waals surface area contributed by atoms with Crippen molar-refractivity contribution >= 4 is 21.6 Å². The molecule has 1 N–H and O–H groups in total. The molecule has 0 radical (unpaired) electrons. The molecular weight excluding hydrogens is 304 g/mol. The molecule has 0 saturated carbocycles. The summed E-state index contributed by atoms with van der Waals surface area (Å²) in [7, 11) is 1.82. The Morgan fingerprint density at radius 1 is 1.28 bits per heavy atom. The lowest BCUT2D eigenvalue weighted by Crippen LogP contribution is -2.06. The number of aromatic nitrogens is 2. The first-order chi connectivity index (χ1) is 8.47. The van der Waals surface area contributed by atoms with Crippen LogP contribution in [0.5, 0.6) is 0 Å². The largest absolute Gasteiger partial charge is 0.379 e. The molecule has 0 unspecified atom stereocenters. The third-order valence-electron chi connectivity index (χ3n) is 2.58. The van der Waals surface area contributed by atoms with E-state index >= 15 is 0 Å². The van der Waals surface area contributed by atoms with Gasteiger partial charge in [-0.3, -0.25) is 4.68 Å². The van der Waals surface area contributed by atoms with Gasteiger partial charge in [-0.25, -0.2) is 8.78 Å². The van der Waals surface area contributed by atoms with Gasteiger partial charge in [0.2, 0.25) is 0 Å². The molecule has 0 atom stereocenters. The van der Waals surface area contributed by atoms with Crippen molar-refractivity contribution in [3.63, 3.8) is 0 Å². The second-order valence-corrected chi connectivity index (χ2v) is 4.77. The fourth-order valence-corrected chi connectivity index (χ4v) is 2.19. The highest BCUT2D eigenvalue weighted by Gasteiger charge is 2.10. The zero-order chi connectivity index (χ0) is 13.3. The molecular formula is C12H12BrF2N3. The van der Waals surface area contributed by atoms with Crippen molar-refractivity contribution < 1.29 is 8.78 Å². The van der Waals surface area contributed by atoms with E-state index in [1.807, 2.05) is 14.0 Å². The maximum Gasteiger partial charge on any atom is 0.128 e. The first-order valence-electron chi connectivity index (χ1n) is 5.35. The van der Waals surface area contributed by atoms with Crippen LogP contribution in [-0.4, -0.2) is 9.78 Å². The summed E-state index contributed by atoms with van der Waals surface area (Å²) in [5, 5.41) is 7.21. The van der Waals surface area contributed by atoms with Gasteiger partial charge in [-0.1, -0.05) is 0 Å². The molecule has 0 amide bonds. The highest BCUT2D eigenvalue weighted by atomic mass is 79.9. The molecule has 2 rings (SSSR count). The second kappa shape index (κ2) is 5.06. The second-order valence-electron chi connectivity index (χ2n) is 3.98. The Balaban J connectivity index is 2.16. The van der Waals surface area contributed by atoms with E-state index in [2.05, 4.69) is 26.3 Å². The SMILES string of the molecule is Cc1nn(C)c(CNc2cc(F)cc(F)c2)c1Br. The maximum atomic E-state index is 13.0. The topological polar surface area (TPSA) is 29.9 Å². The fraction of sp³-hybridized carbons (Fsp3) is 0.250. The summed E-state index contributed by atoms with van der Waals surface area (Å²) in [6, 6.07) is 3.34. The minimum absolute atomic E-state index is 0.401. The lowest BCUT2D eigenvalue weighted by atomic mass is 10.3. The van der Waals surface area contributed by atoms with E-state index in [1.165, 1.54) is 12.1 Å². The number of aryl methyl sites for hydroxylation is 2. The van der Waals surface area contributed by atoms with Gasteiger partial charge in [0.15, 0.2) is 0 Å². The highest BCUT2D eigenvalue weighted by molar-refractivity contribution is 9.10. The molecule has 0 spiro atoms. The lowest BCUT2D eigenvalue weighted by molar-refractivity contribution is 0.584. The van der Waals surface area contributed by atoms with Crippen molar-refractivity contribution in [3.05, 3.63) is 45.7 Å². The van der Waals surface area contributed by atoms with Gasteiger partial charge in [-0.05, 0) is 35.0 Å². The summed E-state index contributed by atoms with van der Waals surface area (Å²) < 4.78 is 28.6. The predicted octanol–water partition coefficient (Wildman–Crippen LogP) is 3.38. The Morgan fingerprint density at radius 3 is 2.39 bits per heavy atom. The van der Waals surface area contributed by atoms with Gasteiger partial charge in [0.05, 0.1) is 22.4 Å². The average molecular weight is 316 g/mol. The van der Waals surface area contributed by atoms with Gasteiger partial charge in [0.25, 0.3) is 0 Å². The number of anilines is 1. The molecule has 96 valence electrons. The van der Waals surface area contributed by atoms with Crippen LogP contribution in [0.15, 0.2) is 22.7 Å². The summed E-state index contributed by atoms with van der Waals surface area (Å²) in [6.07, 6.45) is 0. The molecule has 0 aliphatic carbocycles. The minimum Gasteiger partial charge on any atom is -0.379 e. The molecule has 0 bridgehead atoms. The average Bonchev–Trinajstić information content (AvgIpc) is 2.50. The lowest BCUT2D eigenvalue weighted by Gasteiger charge is -2.07. The van der Waals surface area contributed by atoms with Crippen LogP contribution in [0.1, 0.15) is 11.4 Å². The first-order valence-corrected chi connectivity index (χ1v) is 6.14. The van der Waals surface area contributed by atoms with Crippen LogP contribution < -0.4 is 5.32 Å². The van der Waals surface area contributed by atoms with Crippen LogP contribution in [0.3, 0.4) is 0 Å². The first kappa shape index (κ1) is 13.0. The van der Waals surface area contributed by atoms with Crippen LogP contribution >= 0.6 is 15.9 Å². The Kier molecular flexibility index (Phi) is 3.65. The van der Waals surface area contributed by atoms with Gasteiger partial charge in [-0.2, -0.15) is 5.10 Å². The normalized spacial score (nSPS) is 10.7. The predicted molar refractivity (Wildman–Crippen MR) is 69.3 cm³/mol. The Bertz CT molecular complexity index is 561. The van der Waals surface area contributed by atoms with Crippen molar-refractivity contribution in [2.45, 2.75) is 13.5 Å². The van der Waals surface area contributed by atoms with Crippen LogP contribution in [0.2, 0.25) is 0 Å². The molecule has 1 aromatic heterocycles. The van der Waals surface area contributed by atoms with Gasteiger partial charge in [0.1, 0.15) is 11.6 Å². The van der Waals surface area contributed by atoms with Crippen molar-refractivity contribution in [3.8, 4) is 0 Å². The van der Waals surface area contributed by atoms with Gasteiger partial charge >= 0.3 is 0 Å². The number of hydrogen-bond acceptors (Lipinski definition) is 2. The van der Waals surface area contributed by atoms with Crippen LogP contribution in [0.25, 0.3) is 0 Å². The van der Waals surface area contributed by atoms with E-state index < -0.39 is 11.6 Å². The summed E-state index contributed by atoms with van der Waals surface area (Å²) >= 11 is 3.43. The summed E-state index contributed by atoms with van der Waals surface area (Å²) in [5.41, 5.74) is 2.19. The van der Waals surface area contributed by atoms with Crippen molar-refractivity contribution in [2.24, 2.45) is 7.05 Å². The Labute approximate surface area is 112 Å². The molecule has 0 fully saturated rings. The van der Waals surface area contributed by atoms with Gasteiger partial charge in [-0.15, -0.1) is 0 Å². The number of nitrogens with one attached hydrogen (secondary N) is 1. The van der Waals surface area contributed by atoms with Gasteiger partial charge in [0, 0.05) is 18.8 Å². The number of rotatable bonds is 3. The molecule has 3 nitrogen and oxygen atoms in total. The van der Waals surface area contributed by atoms with Crippen molar-refractivity contribution in [2.75, 3.05) is 5.32 Å². The van der Waals surface area contributed by atoms with Crippen molar-refractivity contribution in [1.29, 1.82) is 0 Å². The summed E-state index contributed by atoms with van der Waals surface area (Å²) in [5.74, 6) is -1.20. The quantitative estimate of drug-likeness (QED) is 0.941. The monoisotopic (exact) mass is 315 g/mol. The zero-order valence-corrected chi connectivity index (χ0v) is 11.6. The molecule has 6 heteroatoms. The Morgan fingerprint density at radius 2 is 1.89 bits per heavy atom. The van der Waals surface area contributed by atoms with Crippen LogP contribution in [-0.2, 0) is 13.6 Å². The third kappa shape index (κ3) is 2.69. The summed E-state index contributed by atoms with van der Waals surface area (Å²) in [4.78, 5) is 0. The summed E-state index contributed by atoms with van der Waals surface area (Å²) in [6.45, 7) is 2.32. The van der Waals surface area contributed by atoms with E-state index in [0.29, 0.717) is 12.2 Å². The Hall–Kier alpha value is -1.43. The molecule has 18 heavy (non-hydrogen) atoms. The fourth-order valence-electron chi connectivity index (χ4n) is 1.71. The van der Waals surface area contributed by atoms with E-state index in [9.17, 15) is 8.78 Å². The number of halogens is 3. The number of nitrogens with zero attached hydrogens (tertiary/aromatic N) is 2. The van der Waals surface area contributed by atoms with E-state index in [1.54, 1.807) is 4.68 Å². The molecule has 0 aliphatic heterocycles. The van der Waals surface area contributed by atoms with E-state index in [0.717, 1.165) is 21.9 Å². The van der Waals surface area contributed by atoms with Crippen LogP contribution in [0.4, 0.5) is 14.5 Å². The number of hydrogen-bond donors (Lipinski definition) is 1. The van der Waals surface area contributed by atoms with E-state index in [4.69, 9.17) is 0 Å². The minimum atomic E-state index is -0.599. The standard InChI is InChI=1S/C12H12BrF2N3/c1-7-12(13)11(18(2)17-7)6-16-10-4-8(14)3-9(15)5-10/h3-5,16H,6H2,1-2H3. The maximum absolute atomic E-state index is 13.0.